The molecule has 2 atom stereocenters. The Bertz CT molecular complexity index is 969. The zero-order valence-corrected chi connectivity index (χ0v) is 17.4. The molecule has 0 radical (unpaired) electrons. The minimum atomic E-state index is -5.14. The number of alkyl halides is 3. The second-order valence-corrected chi connectivity index (χ2v) is 8.48. The highest BCUT2D eigenvalue weighted by Gasteiger charge is 2.35. The molecule has 0 saturated heterocycles. The molecule has 0 spiro atoms. The molecule has 0 bridgehead atoms. The van der Waals surface area contributed by atoms with Gasteiger partial charge < -0.3 is 4.74 Å². The molecule has 1 nitrogen and oxygen atoms in total. The van der Waals surface area contributed by atoms with Crippen molar-refractivity contribution in [3.8, 4) is 5.75 Å². The number of hydrogen-bond donors (Lipinski definition) is 0. The van der Waals surface area contributed by atoms with Crippen LogP contribution < -0.4 is 4.74 Å². The van der Waals surface area contributed by atoms with Crippen LogP contribution in [-0.4, -0.2) is 6.36 Å². The summed E-state index contributed by atoms with van der Waals surface area (Å²) < 4.78 is 69.0. The summed E-state index contributed by atoms with van der Waals surface area (Å²) in [7, 11) is 0. The van der Waals surface area contributed by atoms with E-state index in [1.165, 1.54) is 22.3 Å². The van der Waals surface area contributed by atoms with E-state index >= 15 is 0 Å². The van der Waals surface area contributed by atoms with Crippen LogP contribution in [-0.2, 0) is 25.7 Å². The van der Waals surface area contributed by atoms with E-state index in [-0.39, 0.29) is 5.92 Å². The number of allylic oxidation sites excluding steroid dienone is 2. The first-order chi connectivity index (χ1) is 14.7. The Morgan fingerprint density at radius 1 is 0.968 bits per heavy atom. The Labute approximate surface area is 178 Å². The highest BCUT2D eigenvalue weighted by atomic mass is 19.4. The van der Waals surface area contributed by atoms with Gasteiger partial charge in [-0.2, -0.15) is 0 Å². The van der Waals surface area contributed by atoms with E-state index in [4.69, 9.17) is 0 Å². The van der Waals surface area contributed by atoms with Crippen molar-refractivity contribution in [2.24, 2.45) is 5.92 Å². The Morgan fingerprint density at radius 2 is 1.58 bits per heavy atom. The van der Waals surface area contributed by atoms with E-state index in [2.05, 4.69) is 35.9 Å². The smallest absolute Gasteiger partial charge is 0.399 e. The third kappa shape index (κ3) is 4.78. The summed E-state index contributed by atoms with van der Waals surface area (Å²) >= 11 is 0. The second-order valence-electron chi connectivity index (χ2n) is 8.48. The Kier molecular flexibility index (Phi) is 6.09. The van der Waals surface area contributed by atoms with Crippen LogP contribution >= 0.6 is 0 Å². The van der Waals surface area contributed by atoms with Gasteiger partial charge in [-0.3, -0.25) is 0 Å². The van der Waals surface area contributed by atoms with Crippen molar-refractivity contribution in [3.05, 3.63) is 75.9 Å². The Morgan fingerprint density at radius 3 is 2.19 bits per heavy atom. The first kappa shape index (κ1) is 21.8. The molecule has 31 heavy (non-hydrogen) atoms. The first-order valence-corrected chi connectivity index (χ1v) is 10.8. The number of hydrogen-bond acceptors (Lipinski definition) is 1. The summed E-state index contributed by atoms with van der Waals surface area (Å²) in [5, 5.41) is 0. The van der Waals surface area contributed by atoms with Gasteiger partial charge in [0.15, 0.2) is 11.6 Å². The van der Waals surface area contributed by atoms with Gasteiger partial charge in [0.25, 0.3) is 0 Å². The summed E-state index contributed by atoms with van der Waals surface area (Å²) in [6, 6.07) is 6.23. The fraction of sp³-hybridized carbons (Fsp3) is 0.440. The quantitative estimate of drug-likeness (QED) is 0.364. The lowest BCUT2D eigenvalue weighted by molar-refractivity contribution is -0.276. The Hall–Kier alpha value is -2.37. The average Bonchev–Trinajstić information content (AvgIpc) is 2.73. The summed E-state index contributed by atoms with van der Waals surface area (Å²) in [5.41, 5.74) is 5.71. The van der Waals surface area contributed by atoms with Crippen molar-refractivity contribution >= 4 is 0 Å². The molecular formula is C25H25F5O. The molecule has 6 heteroatoms. The lowest BCUT2D eigenvalue weighted by Gasteiger charge is -2.31. The van der Waals surface area contributed by atoms with Gasteiger partial charge in [-0.1, -0.05) is 31.2 Å². The maximum atomic E-state index is 14.2. The SMILES string of the molecule is CCC=C[C@H]1CCc2c(ccc3c2CC[C@H](c2cc(F)c(OC(F)(F)F)c(F)c2)C3)C1. The minimum absolute atomic E-state index is 0.140. The summed E-state index contributed by atoms with van der Waals surface area (Å²) in [5.74, 6) is -3.61. The lowest BCUT2D eigenvalue weighted by atomic mass is 9.74. The van der Waals surface area contributed by atoms with Gasteiger partial charge in [0.1, 0.15) is 0 Å². The second kappa shape index (κ2) is 8.64. The maximum Gasteiger partial charge on any atom is 0.573 e. The van der Waals surface area contributed by atoms with Crippen molar-refractivity contribution in [1.82, 2.24) is 0 Å². The minimum Gasteiger partial charge on any atom is -0.399 e. The van der Waals surface area contributed by atoms with E-state index in [1.807, 2.05) is 0 Å². The van der Waals surface area contributed by atoms with E-state index < -0.39 is 23.7 Å². The van der Waals surface area contributed by atoms with Crippen LogP contribution in [0.15, 0.2) is 36.4 Å². The summed E-state index contributed by atoms with van der Waals surface area (Å²) in [4.78, 5) is 0. The Balaban J connectivity index is 1.55. The molecule has 0 saturated carbocycles. The number of fused-ring (bicyclic) bond motifs is 3. The average molecular weight is 436 g/mol. The third-order valence-electron chi connectivity index (χ3n) is 6.44. The number of benzene rings is 2. The largest absolute Gasteiger partial charge is 0.573 e. The number of ether oxygens (including phenoxy) is 1. The zero-order valence-electron chi connectivity index (χ0n) is 17.4. The van der Waals surface area contributed by atoms with Crippen molar-refractivity contribution in [2.45, 2.75) is 64.1 Å². The number of rotatable bonds is 4. The van der Waals surface area contributed by atoms with Gasteiger partial charge >= 0.3 is 6.36 Å². The van der Waals surface area contributed by atoms with Gasteiger partial charge in [-0.15, -0.1) is 13.2 Å². The van der Waals surface area contributed by atoms with Crippen molar-refractivity contribution < 1.29 is 26.7 Å². The predicted molar refractivity (Wildman–Crippen MR) is 109 cm³/mol. The van der Waals surface area contributed by atoms with Crippen molar-refractivity contribution in [2.75, 3.05) is 0 Å². The first-order valence-electron chi connectivity index (χ1n) is 10.8. The van der Waals surface area contributed by atoms with Gasteiger partial charge in [0.2, 0.25) is 5.75 Å². The van der Waals surface area contributed by atoms with Crippen LogP contribution in [0, 0.1) is 17.6 Å². The number of halogens is 5. The van der Waals surface area contributed by atoms with Gasteiger partial charge in [0, 0.05) is 0 Å². The maximum absolute atomic E-state index is 14.2. The van der Waals surface area contributed by atoms with Crippen molar-refractivity contribution in [3.63, 3.8) is 0 Å². The van der Waals surface area contributed by atoms with Crippen LogP contribution in [0.25, 0.3) is 0 Å². The van der Waals surface area contributed by atoms with Gasteiger partial charge in [-0.25, -0.2) is 8.78 Å². The standard InChI is InChI=1S/C25H25F5O/c1-2-3-4-15-5-9-20-17(11-15)6-7-18-12-16(8-10-21(18)20)19-13-22(26)24(23(27)14-19)31-25(28,29)30/h3-4,6-7,13-16H,2,5,8-12H2,1H3/t15-,16-/m0/s1. The molecule has 0 amide bonds. The topological polar surface area (TPSA) is 9.23 Å². The summed E-state index contributed by atoms with van der Waals surface area (Å²) in [6.45, 7) is 2.13. The highest BCUT2D eigenvalue weighted by Crippen LogP contribution is 2.40. The molecule has 2 aromatic rings. The van der Waals surface area contributed by atoms with E-state index in [1.54, 1.807) is 0 Å². The van der Waals surface area contributed by atoms with Crippen LogP contribution in [0.1, 0.15) is 59.9 Å². The summed E-state index contributed by atoms with van der Waals surface area (Å²) in [6.07, 6.45) is 5.78. The van der Waals surface area contributed by atoms with Crippen LogP contribution in [0.4, 0.5) is 22.0 Å². The molecule has 166 valence electrons. The van der Waals surface area contributed by atoms with Crippen LogP contribution in [0.3, 0.4) is 0 Å². The van der Waals surface area contributed by atoms with Gasteiger partial charge in [-0.05, 0) is 96.7 Å². The molecule has 0 fully saturated rings. The monoisotopic (exact) mass is 436 g/mol. The molecule has 0 N–H and O–H groups in total. The van der Waals surface area contributed by atoms with Crippen LogP contribution in [0.2, 0.25) is 0 Å². The van der Waals surface area contributed by atoms with Crippen LogP contribution in [0.5, 0.6) is 5.75 Å². The predicted octanol–water partition coefficient (Wildman–Crippen LogP) is 7.21. The van der Waals surface area contributed by atoms with Gasteiger partial charge in [0.05, 0.1) is 0 Å². The molecule has 0 aromatic heterocycles. The fourth-order valence-electron chi connectivity index (χ4n) is 5.00. The molecule has 2 aromatic carbocycles. The molecule has 2 aliphatic rings. The molecule has 2 aliphatic carbocycles. The fourth-order valence-corrected chi connectivity index (χ4v) is 5.00. The van der Waals surface area contributed by atoms with Crippen molar-refractivity contribution in [1.29, 1.82) is 0 Å². The molecule has 0 unspecified atom stereocenters. The normalized spacial score (nSPS) is 21.1. The van der Waals surface area contributed by atoms with E-state index in [0.717, 1.165) is 44.2 Å². The van der Waals surface area contributed by atoms with E-state index in [9.17, 15) is 22.0 Å². The third-order valence-corrected chi connectivity index (χ3v) is 6.44. The molecular weight excluding hydrogens is 411 g/mol. The van der Waals surface area contributed by atoms with E-state index in [0.29, 0.717) is 24.3 Å². The molecule has 0 aliphatic heterocycles. The molecule has 4 rings (SSSR count). The highest BCUT2D eigenvalue weighted by molar-refractivity contribution is 5.46. The molecule has 0 heterocycles. The lowest BCUT2D eigenvalue weighted by Crippen LogP contribution is -2.21. The zero-order chi connectivity index (χ0) is 22.2.